The number of carbonyl (C=O) groups excluding carboxylic acids is 2. The Morgan fingerprint density at radius 1 is 1.25 bits per heavy atom. The maximum atomic E-state index is 13.2. The van der Waals surface area contributed by atoms with E-state index in [1.54, 1.807) is 6.07 Å². The number of hydrogen-bond acceptors (Lipinski definition) is 6. The standard InChI is InChI=1S/C21H26N2O4S/c1-22(2)15-7-6-11-23(13-15)20(24)17-8-4-5-9-19(17)28-14-18-16(10-12-27-18)21(25)26-3/h4-5,8-10,12,15H,6-7,11,13-14H2,1-3H3. The lowest BCUT2D eigenvalue weighted by atomic mass is 10.0. The van der Waals surface area contributed by atoms with Gasteiger partial charge in [0.25, 0.3) is 5.91 Å². The number of benzene rings is 1. The Hall–Kier alpha value is -2.25. The summed E-state index contributed by atoms with van der Waals surface area (Å²) in [5.41, 5.74) is 1.11. The van der Waals surface area contributed by atoms with Gasteiger partial charge >= 0.3 is 5.97 Å². The van der Waals surface area contributed by atoms with E-state index in [0.717, 1.165) is 30.8 Å². The van der Waals surface area contributed by atoms with Crippen molar-refractivity contribution in [1.82, 2.24) is 9.80 Å². The van der Waals surface area contributed by atoms with Crippen LogP contribution < -0.4 is 0 Å². The van der Waals surface area contributed by atoms with Gasteiger partial charge in [0.15, 0.2) is 0 Å². The molecule has 0 spiro atoms. The van der Waals surface area contributed by atoms with Crippen molar-refractivity contribution in [2.45, 2.75) is 29.5 Å². The third-order valence-electron chi connectivity index (χ3n) is 5.04. The van der Waals surface area contributed by atoms with Crippen molar-refractivity contribution in [2.75, 3.05) is 34.3 Å². The minimum atomic E-state index is -0.420. The molecule has 0 saturated carbocycles. The molecule has 1 aliphatic rings. The maximum absolute atomic E-state index is 13.2. The van der Waals surface area contributed by atoms with Gasteiger partial charge in [0, 0.05) is 24.0 Å². The van der Waals surface area contributed by atoms with E-state index in [1.165, 1.54) is 25.1 Å². The zero-order valence-corrected chi connectivity index (χ0v) is 17.3. The topological polar surface area (TPSA) is 63.0 Å². The number of likely N-dealkylation sites (N-methyl/N-ethyl adjacent to an activating group) is 1. The predicted octanol–water partition coefficient (Wildman–Crippen LogP) is 3.52. The van der Waals surface area contributed by atoms with Crippen molar-refractivity contribution in [2.24, 2.45) is 0 Å². The second-order valence-electron chi connectivity index (χ2n) is 7.04. The van der Waals surface area contributed by atoms with E-state index in [0.29, 0.717) is 28.7 Å². The molecule has 1 atom stereocenters. The van der Waals surface area contributed by atoms with Crippen LogP contribution in [0.2, 0.25) is 0 Å². The Labute approximate surface area is 169 Å². The lowest BCUT2D eigenvalue weighted by Gasteiger charge is -2.36. The summed E-state index contributed by atoms with van der Waals surface area (Å²) in [7, 11) is 5.47. The van der Waals surface area contributed by atoms with Crippen molar-refractivity contribution >= 4 is 23.6 Å². The van der Waals surface area contributed by atoms with Crippen LogP contribution in [0.5, 0.6) is 0 Å². The molecule has 3 rings (SSSR count). The van der Waals surface area contributed by atoms with Crippen molar-refractivity contribution < 1.29 is 18.7 Å². The maximum Gasteiger partial charge on any atom is 0.341 e. The summed E-state index contributed by atoms with van der Waals surface area (Å²) in [4.78, 5) is 30.0. The fourth-order valence-electron chi connectivity index (χ4n) is 3.39. The number of amides is 1. The molecule has 28 heavy (non-hydrogen) atoms. The number of furan rings is 1. The molecule has 1 aromatic heterocycles. The van der Waals surface area contributed by atoms with E-state index in [4.69, 9.17) is 9.15 Å². The van der Waals surface area contributed by atoms with Gasteiger partial charge in [-0.15, -0.1) is 11.8 Å². The fraction of sp³-hybridized carbons (Fsp3) is 0.429. The van der Waals surface area contributed by atoms with Crippen molar-refractivity contribution in [3.63, 3.8) is 0 Å². The van der Waals surface area contributed by atoms with Gasteiger partial charge in [0.1, 0.15) is 11.3 Å². The Morgan fingerprint density at radius 2 is 2.04 bits per heavy atom. The van der Waals surface area contributed by atoms with Crippen LogP contribution in [0.25, 0.3) is 0 Å². The molecule has 0 bridgehead atoms. The molecule has 1 amide bonds. The zero-order valence-electron chi connectivity index (χ0n) is 16.5. The molecular formula is C21H26N2O4S. The van der Waals surface area contributed by atoms with Crippen molar-refractivity contribution in [3.8, 4) is 0 Å². The van der Waals surface area contributed by atoms with Crippen molar-refractivity contribution in [3.05, 3.63) is 53.5 Å². The van der Waals surface area contributed by atoms with Crippen LogP contribution in [0.4, 0.5) is 0 Å². The number of esters is 1. The van der Waals surface area contributed by atoms with Gasteiger partial charge < -0.3 is 19.0 Å². The van der Waals surface area contributed by atoms with E-state index < -0.39 is 5.97 Å². The minimum Gasteiger partial charge on any atom is -0.468 e. The lowest BCUT2D eigenvalue weighted by molar-refractivity contribution is 0.0597. The molecule has 0 radical (unpaired) electrons. The van der Waals surface area contributed by atoms with Gasteiger partial charge in [-0.05, 0) is 45.1 Å². The number of methoxy groups -OCH3 is 1. The molecule has 1 unspecified atom stereocenters. The van der Waals surface area contributed by atoms with Crippen LogP contribution >= 0.6 is 11.8 Å². The van der Waals surface area contributed by atoms with Crippen LogP contribution in [-0.4, -0.2) is 62.0 Å². The highest BCUT2D eigenvalue weighted by Crippen LogP contribution is 2.29. The number of carbonyl (C=O) groups is 2. The first kappa shape index (κ1) is 20.5. The highest BCUT2D eigenvalue weighted by atomic mass is 32.2. The summed E-state index contributed by atoms with van der Waals surface area (Å²) >= 11 is 1.49. The normalized spacial score (nSPS) is 17.0. The van der Waals surface area contributed by atoms with Gasteiger partial charge in [0.05, 0.1) is 24.7 Å². The molecule has 1 aliphatic heterocycles. The third-order valence-corrected chi connectivity index (χ3v) is 6.11. The first-order valence-corrected chi connectivity index (χ1v) is 10.3. The molecular weight excluding hydrogens is 376 g/mol. The van der Waals surface area contributed by atoms with Gasteiger partial charge in [-0.1, -0.05) is 12.1 Å². The predicted molar refractivity (Wildman–Crippen MR) is 109 cm³/mol. The van der Waals surface area contributed by atoms with E-state index in [2.05, 4.69) is 19.0 Å². The first-order valence-electron chi connectivity index (χ1n) is 9.33. The second-order valence-corrected chi connectivity index (χ2v) is 8.06. The van der Waals surface area contributed by atoms with Gasteiger partial charge in [-0.3, -0.25) is 4.79 Å². The van der Waals surface area contributed by atoms with E-state index in [-0.39, 0.29) is 5.91 Å². The monoisotopic (exact) mass is 402 g/mol. The number of hydrogen-bond donors (Lipinski definition) is 0. The third kappa shape index (κ3) is 4.59. The highest BCUT2D eigenvalue weighted by Gasteiger charge is 2.27. The number of likely N-dealkylation sites (tertiary alicyclic amines) is 1. The van der Waals surface area contributed by atoms with Crippen LogP contribution in [0.1, 0.15) is 39.3 Å². The Morgan fingerprint density at radius 3 is 2.79 bits per heavy atom. The molecule has 0 aliphatic carbocycles. The summed E-state index contributed by atoms with van der Waals surface area (Å²) in [5.74, 6) is 0.631. The first-order chi connectivity index (χ1) is 13.5. The molecule has 7 heteroatoms. The molecule has 150 valence electrons. The number of ether oxygens (including phenoxy) is 1. The van der Waals surface area contributed by atoms with Gasteiger partial charge in [-0.25, -0.2) is 4.79 Å². The molecule has 2 aromatic rings. The number of piperidine rings is 1. The number of rotatable bonds is 6. The van der Waals surface area contributed by atoms with Crippen LogP contribution in [0.15, 0.2) is 45.9 Å². The highest BCUT2D eigenvalue weighted by molar-refractivity contribution is 7.98. The number of nitrogens with zero attached hydrogens (tertiary/aromatic N) is 2. The van der Waals surface area contributed by atoms with Gasteiger partial charge in [0.2, 0.25) is 0 Å². The minimum absolute atomic E-state index is 0.0577. The van der Waals surface area contributed by atoms with Crippen LogP contribution in [0.3, 0.4) is 0 Å². The lowest BCUT2D eigenvalue weighted by Crippen LogP contribution is -2.47. The quantitative estimate of drug-likeness (QED) is 0.544. The summed E-state index contributed by atoms with van der Waals surface area (Å²) in [6, 6.07) is 9.61. The Bertz CT molecular complexity index is 833. The number of thioether (sulfide) groups is 1. The van der Waals surface area contributed by atoms with E-state index in [1.807, 2.05) is 29.2 Å². The largest absolute Gasteiger partial charge is 0.468 e. The summed E-state index contributed by atoms with van der Waals surface area (Å²) in [5, 5.41) is 0. The molecule has 6 nitrogen and oxygen atoms in total. The van der Waals surface area contributed by atoms with Gasteiger partial charge in [-0.2, -0.15) is 0 Å². The molecule has 2 heterocycles. The van der Waals surface area contributed by atoms with Crippen LogP contribution in [0, 0.1) is 0 Å². The summed E-state index contributed by atoms with van der Waals surface area (Å²) in [6.07, 6.45) is 3.61. The SMILES string of the molecule is COC(=O)c1ccoc1CSc1ccccc1C(=O)N1CCCC(N(C)C)C1. The Balaban J connectivity index is 1.74. The Kier molecular flexibility index (Phi) is 6.80. The second kappa shape index (κ2) is 9.30. The van der Waals surface area contributed by atoms with Crippen LogP contribution in [-0.2, 0) is 10.5 Å². The summed E-state index contributed by atoms with van der Waals surface area (Å²) < 4.78 is 10.2. The molecule has 1 fully saturated rings. The summed E-state index contributed by atoms with van der Waals surface area (Å²) in [6.45, 7) is 1.53. The van der Waals surface area contributed by atoms with Crippen molar-refractivity contribution in [1.29, 1.82) is 0 Å². The fourth-order valence-corrected chi connectivity index (χ4v) is 4.38. The average Bonchev–Trinajstić information content (AvgIpc) is 3.20. The molecule has 1 aromatic carbocycles. The molecule has 1 saturated heterocycles. The smallest absolute Gasteiger partial charge is 0.341 e. The van der Waals surface area contributed by atoms with E-state index >= 15 is 0 Å². The average molecular weight is 403 g/mol. The van der Waals surface area contributed by atoms with E-state index in [9.17, 15) is 9.59 Å². The molecule has 0 N–H and O–H groups in total. The zero-order chi connectivity index (χ0) is 20.1.